The fraction of sp³-hybridized carbons (Fsp3) is 0.250. The summed E-state index contributed by atoms with van der Waals surface area (Å²) in [6.07, 6.45) is 2.31. The maximum Gasteiger partial charge on any atom is 0.226 e. The lowest BCUT2D eigenvalue weighted by Gasteiger charge is -2.17. The van der Waals surface area contributed by atoms with Crippen LogP contribution >= 0.6 is 0 Å². The summed E-state index contributed by atoms with van der Waals surface area (Å²) in [5, 5.41) is 1.11. The van der Waals surface area contributed by atoms with Gasteiger partial charge in [0.05, 0.1) is 13.0 Å². The van der Waals surface area contributed by atoms with Gasteiger partial charge in [0.15, 0.2) is 0 Å². The summed E-state index contributed by atoms with van der Waals surface area (Å²) in [5.74, 6) is 0.931. The smallest absolute Gasteiger partial charge is 0.226 e. The molecule has 0 unspecified atom stereocenters. The number of nitrogens with zero attached hydrogens (tertiary/aromatic N) is 1. The number of aromatic nitrogens is 1. The van der Waals surface area contributed by atoms with Crippen LogP contribution in [-0.4, -0.2) is 36.0 Å². The van der Waals surface area contributed by atoms with Gasteiger partial charge in [-0.15, -0.1) is 0 Å². The Morgan fingerprint density at radius 2 is 2.00 bits per heavy atom. The number of aromatic amines is 1. The molecule has 0 fully saturated rings. The molecule has 1 amide bonds. The quantitative estimate of drug-likeness (QED) is 0.754. The van der Waals surface area contributed by atoms with Crippen molar-refractivity contribution in [2.45, 2.75) is 13.3 Å². The summed E-state index contributed by atoms with van der Waals surface area (Å²) in [6.45, 7) is 3.08. The normalized spacial score (nSPS) is 10.8. The van der Waals surface area contributed by atoms with Crippen LogP contribution in [0, 0.1) is 6.92 Å². The standard InChI is InChI=1S/C20H22N2O2/c1-15-6-5-7-17(12-15)24-11-10-22(2)20(23)13-16-14-21-19-9-4-3-8-18(16)19/h3-9,12,14,21H,10-11,13H2,1-2H3. The number of para-hydroxylation sites is 1. The Morgan fingerprint density at radius 3 is 2.83 bits per heavy atom. The molecule has 1 heterocycles. The monoisotopic (exact) mass is 322 g/mol. The van der Waals surface area contributed by atoms with E-state index in [1.807, 2.05) is 68.7 Å². The number of carbonyl (C=O) groups excluding carboxylic acids is 1. The molecular weight excluding hydrogens is 300 g/mol. The van der Waals surface area contributed by atoms with E-state index in [-0.39, 0.29) is 5.91 Å². The molecule has 24 heavy (non-hydrogen) atoms. The molecule has 124 valence electrons. The summed E-state index contributed by atoms with van der Waals surface area (Å²) in [5.41, 5.74) is 3.25. The molecular formula is C20H22N2O2. The van der Waals surface area contributed by atoms with Gasteiger partial charge in [0.25, 0.3) is 0 Å². The van der Waals surface area contributed by atoms with Crippen LogP contribution < -0.4 is 4.74 Å². The number of rotatable bonds is 6. The third kappa shape index (κ3) is 3.77. The first-order valence-corrected chi connectivity index (χ1v) is 8.12. The Hall–Kier alpha value is -2.75. The predicted molar refractivity (Wildman–Crippen MR) is 96.3 cm³/mol. The Labute approximate surface area is 142 Å². The second-order valence-corrected chi connectivity index (χ2v) is 6.02. The van der Waals surface area contributed by atoms with E-state index in [0.29, 0.717) is 19.6 Å². The van der Waals surface area contributed by atoms with E-state index in [2.05, 4.69) is 4.98 Å². The number of aryl methyl sites for hydroxylation is 1. The topological polar surface area (TPSA) is 45.3 Å². The second-order valence-electron chi connectivity index (χ2n) is 6.02. The van der Waals surface area contributed by atoms with Gasteiger partial charge in [-0.3, -0.25) is 4.79 Å². The molecule has 1 aromatic heterocycles. The van der Waals surface area contributed by atoms with Gasteiger partial charge in [0, 0.05) is 24.1 Å². The molecule has 0 atom stereocenters. The van der Waals surface area contributed by atoms with E-state index >= 15 is 0 Å². The predicted octanol–water partition coefficient (Wildman–Crippen LogP) is 3.56. The highest BCUT2D eigenvalue weighted by molar-refractivity contribution is 5.88. The Bertz CT molecular complexity index is 838. The van der Waals surface area contributed by atoms with Crippen molar-refractivity contribution >= 4 is 16.8 Å². The molecule has 2 aromatic carbocycles. The molecule has 0 saturated heterocycles. The molecule has 4 heteroatoms. The van der Waals surface area contributed by atoms with Gasteiger partial charge in [-0.2, -0.15) is 0 Å². The lowest BCUT2D eigenvalue weighted by atomic mass is 10.1. The number of benzene rings is 2. The number of hydrogen-bond acceptors (Lipinski definition) is 2. The SMILES string of the molecule is Cc1cccc(OCCN(C)C(=O)Cc2c[nH]c3ccccc23)c1. The maximum absolute atomic E-state index is 12.4. The van der Waals surface area contributed by atoms with E-state index in [1.165, 1.54) is 0 Å². The molecule has 1 N–H and O–H groups in total. The number of nitrogens with one attached hydrogen (secondary N) is 1. The zero-order valence-electron chi connectivity index (χ0n) is 14.1. The van der Waals surface area contributed by atoms with Crippen LogP contribution in [0.2, 0.25) is 0 Å². The fourth-order valence-corrected chi connectivity index (χ4v) is 2.71. The summed E-state index contributed by atoms with van der Waals surface area (Å²) in [4.78, 5) is 17.3. The van der Waals surface area contributed by atoms with Gasteiger partial charge in [0.2, 0.25) is 5.91 Å². The third-order valence-electron chi connectivity index (χ3n) is 4.13. The minimum atomic E-state index is 0.0904. The van der Waals surface area contributed by atoms with Crippen molar-refractivity contribution in [3.63, 3.8) is 0 Å². The summed E-state index contributed by atoms with van der Waals surface area (Å²) >= 11 is 0. The average molecular weight is 322 g/mol. The molecule has 4 nitrogen and oxygen atoms in total. The lowest BCUT2D eigenvalue weighted by Crippen LogP contribution is -2.32. The average Bonchev–Trinajstić information content (AvgIpc) is 2.98. The zero-order chi connectivity index (χ0) is 16.9. The van der Waals surface area contributed by atoms with Crippen LogP contribution in [0.25, 0.3) is 10.9 Å². The van der Waals surface area contributed by atoms with E-state index in [0.717, 1.165) is 27.8 Å². The lowest BCUT2D eigenvalue weighted by molar-refractivity contribution is -0.129. The number of H-pyrrole nitrogens is 1. The van der Waals surface area contributed by atoms with E-state index in [1.54, 1.807) is 4.90 Å². The van der Waals surface area contributed by atoms with Crippen molar-refractivity contribution < 1.29 is 9.53 Å². The van der Waals surface area contributed by atoms with Crippen LogP contribution in [0.1, 0.15) is 11.1 Å². The largest absolute Gasteiger partial charge is 0.492 e. The van der Waals surface area contributed by atoms with Crippen molar-refractivity contribution in [2.75, 3.05) is 20.2 Å². The minimum Gasteiger partial charge on any atom is -0.492 e. The van der Waals surface area contributed by atoms with Gasteiger partial charge in [-0.1, -0.05) is 30.3 Å². The number of carbonyl (C=O) groups is 1. The van der Waals surface area contributed by atoms with Crippen molar-refractivity contribution in [1.82, 2.24) is 9.88 Å². The van der Waals surface area contributed by atoms with Gasteiger partial charge in [-0.25, -0.2) is 0 Å². The fourth-order valence-electron chi connectivity index (χ4n) is 2.71. The number of amides is 1. The third-order valence-corrected chi connectivity index (χ3v) is 4.13. The van der Waals surface area contributed by atoms with Crippen molar-refractivity contribution in [3.05, 3.63) is 65.9 Å². The minimum absolute atomic E-state index is 0.0904. The molecule has 3 rings (SSSR count). The Morgan fingerprint density at radius 1 is 1.17 bits per heavy atom. The first-order chi connectivity index (χ1) is 11.6. The number of hydrogen-bond donors (Lipinski definition) is 1. The van der Waals surface area contributed by atoms with Crippen LogP contribution in [0.5, 0.6) is 5.75 Å². The van der Waals surface area contributed by atoms with E-state index in [4.69, 9.17) is 4.74 Å². The van der Waals surface area contributed by atoms with Gasteiger partial charge in [0.1, 0.15) is 12.4 Å². The summed E-state index contributed by atoms with van der Waals surface area (Å²) < 4.78 is 5.71. The summed E-state index contributed by atoms with van der Waals surface area (Å²) in [7, 11) is 1.82. The highest BCUT2D eigenvalue weighted by Gasteiger charge is 2.12. The maximum atomic E-state index is 12.4. The highest BCUT2D eigenvalue weighted by atomic mass is 16.5. The molecule has 0 aliphatic heterocycles. The van der Waals surface area contributed by atoms with E-state index in [9.17, 15) is 4.79 Å². The van der Waals surface area contributed by atoms with Crippen molar-refractivity contribution in [1.29, 1.82) is 0 Å². The van der Waals surface area contributed by atoms with Crippen LogP contribution in [0.15, 0.2) is 54.7 Å². The summed E-state index contributed by atoms with van der Waals surface area (Å²) in [6, 6.07) is 16.0. The van der Waals surface area contributed by atoms with E-state index < -0.39 is 0 Å². The first-order valence-electron chi connectivity index (χ1n) is 8.12. The zero-order valence-corrected chi connectivity index (χ0v) is 14.1. The number of likely N-dealkylation sites (N-methyl/N-ethyl adjacent to an activating group) is 1. The highest BCUT2D eigenvalue weighted by Crippen LogP contribution is 2.18. The number of ether oxygens (including phenoxy) is 1. The van der Waals surface area contributed by atoms with Gasteiger partial charge in [-0.05, 0) is 36.2 Å². The molecule has 0 saturated carbocycles. The number of fused-ring (bicyclic) bond motifs is 1. The van der Waals surface area contributed by atoms with Crippen LogP contribution in [-0.2, 0) is 11.2 Å². The van der Waals surface area contributed by atoms with Gasteiger partial charge < -0.3 is 14.6 Å². The molecule has 3 aromatic rings. The van der Waals surface area contributed by atoms with Crippen molar-refractivity contribution in [3.8, 4) is 5.75 Å². The van der Waals surface area contributed by atoms with Gasteiger partial charge >= 0.3 is 0 Å². The van der Waals surface area contributed by atoms with Crippen molar-refractivity contribution in [2.24, 2.45) is 0 Å². The van der Waals surface area contributed by atoms with Crippen LogP contribution in [0.3, 0.4) is 0 Å². The molecule has 0 bridgehead atoms. The van der Waals surface area contributed by atoms with Crippen LogP contribution in [0.4, 0.5) is 0 Å². The molecule has 0 radical (unpaired) electrons. The molecule has 0 aliphatic rings. The Balaban J connectivity index is 1.53. The Kier molecular flexibility index (Phi) is 4.85. The molecule has 0 spiro atoms. The molecule has 0 aliphatic carbocycles. The first kappa shape index (κ1) is 16.1. The second kappa shape index (κ2) is 7.21.